The lowest BCUT2D eigenvalue weighted by atomic mass is 10.1. The monoisotopic (exact) mass is 346 g/mol. The van der Waals surface area contributed by atoms with Crippen LogP contribution in [0.25, 0.3) is 5.69 Å². The fourth-order valence-corrected chi connectivity index (χ4v) is 3.37. The Morgan fingerprint density at radius 1 is 1.00 bits per heavy atom. The van der Waals surface area contributed by atoms with Gasteiger partial charge in [-0.3, -0.25) is 4.79 Å². The van der Waals surface area contributed by atoms with E-state index in [0.717, 1.165) is 25.2 Å². The van der Waals surface area contributed by atoms with E-state index in [1.807, 2.05) is 42.6 Å². The summed E-state index contributed by atoms with van der Waals surface area (Å²) in [6.07, 6.45) is 2.91. The highest BCUT2D eigenvalue weighted by Crippen LogP contribution is 2.23. The van der Waals surface area contributed by atoms with E-state index in [0.29, 0.717) is 18.2 Å². The number of hydrogen-bond donors (Lipinski definition) is 1. The zero-order valence-electron chi connectivity index (χ0n) is 14.6. The molecule has 0 radical (unpaired) electrons. The molecule has 1 unspecified atom stereocenters. The molecule has 3 aromatic rings. The van der Waals surface area contributed by atoms with Crippen LogP contribution in [0.1, 0.15) is 16.9 Å². The lowest BCUT2D eigenvalue weighted by molar-refractivity contribution is 0.0943. The number of aromatic nitrogens is 2. The van der Waals surface area contributed by atoms with Gasteiger partial charge in [0.25, 0.3) is 5.91 Å². The lowest BCUT2D eigenvalue weighted by Crippen LogP contribution is -2.31. The molecule has 5 heteroatoms. The van der Waals surface area contributed by atoms with Gasteiger partial charge < -0.3 is 10.2 Å². The highest BCUT2D eigenvalue weighted by molar-refractivity contribution is 5.92. The van der Waals surface area contributed by atoms with E-state index in [1.165, 1.54) is 5.69 Å². The van der Waals surface area contributed by atoms with E-state index in [9.17, 15) is 4.79 Å². The molecule has 0 spiro atoms. The molecule has 2 aromatic carbocycles. The van der Waals surface area contributed by atoms with E-state index in [1.54, 1.807) is 10.7 Å². The van der Waals surface area contributed by atoms with Crippen molar-refractivity contribution in [1.82, 2.24) is 15.1 Å². The van der Waals surface area contributed by atoms with Crippen LogP contribution in [-0.4, -0.2) is 35.3 Å². The van der Waals surface area contributed by atoms with Crippen LogP contribution in [0.4, 0.5) is 5.69 Å². The molecule has 5 nitrogen and oxygen atoms in total. The second-order valence-corrected chi connectivity index (χ2v) is 6.63. The highest BCUT2D eigenvalue weighted by atomic mass is 16.1. The maximum Gasteiger partial charge on any atom is 0.271 e. The minimum absolute atomic E-state index is 0.113. The summed E-state index contributed by atoms with van der Waals surface area (Å²) in [6, 6.07) is 22.0. The first-order valence-corrected chi connectivity index (χ1v) is 8.99. The van der Waals surface area contributed by atoms with E-state index in [2.05, 4.69) is 39.6 Å². The minimum Gasteiger partial charge on any atom is -0.371 e. The van der Waals surface area contributed by atoms with Crippen LogP contribution in [0.15, 0.2) is 72.9 Å². The number of nitrogens with zero attached hydrogens (tertiary/aromatic N) is 3. The summed E-state index contributed by atoms with van der Waals surface area (Å²) in [6.45, 7) is 2.69. The molecule has 132 valence electrons. The first-order chi connectivity index (χ1) is 12.8. The van der Waals surface area contributed by atoms with Crippen LogP contribution in [0, 0.1) is 5.92 Å². The lowest BCUT2D eigenvalue weighted by Gasteiger charge is -2.18. The molecular weight excluding hydrogens is 324 g/mol. The second-order valence-electron chi connectivity index (χ2n) is 6.63. The third kappa shape index (κ3) is 3.61. The second kappa shape index (κ2) is 7.44. The van der Waals surface area contributed by atoms with Crippen LogP contribution < -0.4 is 10.2 Å². The van der Waals surface area contributed by atoms with Crippen molar-refractivity contribution in [2.45, 2.75) is 6.42 Å². The molecule has 2 heterocycles. The van der Waals surface area contributed by atoms with Gasteiger partial charge in [0.2, 0.25) is 0 Å². The predicted molar refractivity (Wildman–Crippen MR) is 103 cm³/mol. The summed E-state index contributed by atoms with van der Waals surface area (Å²) in [5, 5.41) is 7.42. The van der Waals surface area contributed by atoms with E-state index in [4.69, 9.17) is 0 Å². The number of hydrogen-bond acceptors (Lipinski definition) is 3. The van der Waals surface area contributed by atoms with E-state index in [-0.39, 0.29) is 5.91 Å². The van der Waals surface area contributed by atoms with Gasteiger partial charge in [0.05, 0.1) is 5.69 Å². The van der Waals surface area contributed by atoms with Gasteiger partial charge in [-0.2, -0.15) is 5.10 Å². The van der Waals surface area contributed by atoms with Crippen LogP contribution in [0.2, 0.25) is 0 Å². The SMILES string of the molecule is O=C(NCC1CCN(c2ccccc2)C1)c1ccn(-c2ccccc2)n1. The zero-order chi connectivity index (χ0) is 17.8. The van der Waals surface area contributed by atoms with Gasteiger partial charge in [0.15, 0.2) is 5.69 Å². The summed E-state index contributed by atoms with van der Waals surface area (Å²) < 4.78 is 1.72. The number of amides is 1. The zero-order valence-corrected chi connectivity index (χ0v) is 14.6. The molecule has 4 rings (SSSR count). The summed E-state index contributed by atoms with van der Waals surface area (Å²) in [7, 11) is 0. The van der Waals surface area contributed by atoms with Crippen molar-refractivity contribution in [2.75, 3.05) is 24.5 Å². The molecule has 1 saturated heterocycles. The number of benzene rings is 2. The maximum atomic E-state index is 12.4. The summed E-state index contributed by atoms with van der Waals surface area (Å²) >= 11 is 0. The van der Waals surface area contributed by atoms with Crippen LogP contribution in [0.3, 0.4) is 0 Å². The maximum absolute atomic E-state index is 12.4. The summed E-state index contributed by atoms with van der Waals surface area (Å²) in [5.74, 6) is 0.355. The van der Waals surface area contributed by atoms with Crippen LogP contribution >= 0.6 is 0 Å². The Bertz CT molecular complexity index is 860. The molecule has 0 saturated carbocycles. The van der Waals surface area contributed by atoms with Crippen LogP contribution in [-0.2, 0) is 0 Å². The van der Waals surface area contributed by atoms with Gasteiger partial charge in [-0.25, -0.2) is 4.68 Å². The minimum atomic E-state index is -0.113. The van der Waals surface area contributed by atoms with E-state index < -0.39 is 0 Å². The normalized spacial score (nSPS) is 16.6. The van der Waals surface area contributed by atoms with Crippen molar-refractivity contribution < 1.29 is 4.79 Å². The number of nitrogens with one attached hydrogen (secondary N) is 1. The molecule has 1 amide bonds. The molecule has 0 aliphatic carbocycles. The Morgan fingerprint density at radius 2 is 1.69 bits per heavy atom. The Hall–Kier alpha value is -3.08. The fraction of sp³-hybridized carbons (Fsp3) is 0.238. The molecule has 1 atom stereocenters. The average molecular weight is 346 g/mol. The van der Waals surface area contributed by atoms with E-state index >= 15 is 0 Å². The summed E-state index contributed by atoms with van der Waals surface area (Å²) in [5.41, 5.74) is 2.65. The number of para-hydroxylation sites is 2. The van der Waals surface area contributed by atoms with Gasteiger partial charge in [0.1, 0.15) is 0 Å². The number of rotatable bonds is 5. The number of anilines is 1. The highest BCUT2D eigenvalue weighted by Gasteiger charge is 2.23. The molecule has 1 aliphatic heterocycles. The van der Waals surface area contributed by atoms with Crippen molar-refractivity contribution >= 4 is 11.6 Å². The first kappa shape index (κ1) is 16.4. The van der Waals surface area contributed by atoms with Crippen molar-refractivity contribution in [1.29, 1.82) is 0 Å². The van der Waals surface area contributed by atoms with Crippen molar-refractivity contribution in [2.24, 2.45) is 5.92 Å². The van der Waals surface area contributed by atoms with Gasteiger partial charge >= 0.3 is 0 Å². The third-order valence-corrected chi connectivity index (χ3v) is 4.80. The van der Waals surface area contributed by atoms with Crippen molar-refractivity contribution in [3.8, 4) is 5.69 Å². The molecular formula is C21H22N4O. The van der Waals surface area contributed by atoms with Crippen molar-refractivity contribution in [3.05, 3.63) is 78.6 Å². The number of carbonyl (C=O) groups is 1. The largest absolute Gasteiger partial charge is 0.371 e. The van der Waals surface area contributed by atoms with Gasteiger partial charge in [0, 0.05) is 31.5 Å². The Labute approximate surface area is 153 Å². The standard InChI is InChI=1S/C21H22N4O/c26-21(20-12-14-25(23-20)19-9-5-2-6-10-19)22-15-17-11-13-24(16-17)18-7-3-1-4-8-18/h1-10,12,14,17H,11,13,15-16H2,(H,22,26). The quantitative estimate of drug-likeness (QED) is 0.772. The third-order valence-electron chi connectivity index (χ3n) is 4.80. The van der Waals surface area contributed by atoms with Crippen molar-refractivity contribution in [3.63, 3.8) is 0 Å². The fourth-order valence-electron chi connectivity index (χ4n) is 3.37. The first-order valence-electron chi connectivity index (χ1n) is 8.99. The molecule has 1 fully saturated rings. The molecule has 26 heavy (non-hydrogen) atoms. The Balaban J connectivity index is 1.32. The molecule has 1 N–H and O–H groups in total. The topological polar surface area (TPSA) is 50.2 Å². The average Bonchev–Trinajstić information content (AvgIpc) is 3.37. The van der Waals surface area contributed by atoms with Crippen LogP contribution in [0.5, 0.6) is 0 Å². The summed E-state index contributed by atoms with van der Waals surface area (Å²) in [4.78, 5) is 14.8. The molecule has 1 aromatic heterocycles. The molecule has 0 bridgehead atoms. The van der Waals surface area contributed by atoms with Gasteiger partial charge in [-0.05, 0) is 42.7 Å². The molecule has 1 aliphatic rings. The van der Waals surface area contributed by atoms with Gasteiger partial charge in [-0.1, -0.05) is 36.4 Å². The van der Waals surface area contributed by atoms with Gasteiger partial charge in [-0.15, -0.1) is 0 Å². The predicted octanol–water partition coefficient (Wildman–Crippen LogP) is 3.13. The smallest absolute Gasteiger partial charge is 0.271 e. The Morgan fingerprint density at radius 3 is 2.42 bits per heavy atom. The number of carbonyl (C=O) groups excluding carboxylic acids is 1. The Kier molecular flexibility index (Phi) is 4.69.